The summed E-state index contributed by atoms with van der Waals surface area (Å²) in [4.78, 5) is 18.4. The smallest absolute Gasteiger partial charge is 0.231 e. The monoisotopic (exact) mass is 563 g/mol. The van der Waals surface area contributed by atoms with E-state index in [0.717, 1.165) is 55.6 Å². The Hall–Kier alpha value is -4.16. The molecule has 0 atom stereocenters. The zero-order valence-electron chi connectivity index (χ0n) is 23.1. The van der Waals surface area contributed by atoms with E-state index in [2.05, 4.69) is 42.5 Å². The van der Waals surface area contributed by atoms with Crippen LogP contribution in [0.25, 0.3) is 0 Å². The van der Waals surface area contributed by atoms with Crippen LogP contribution in [0, 0.1) is 13.8 Å². The Balaban J connectivity index is 1.30. The predicted octanol–water partition coefficient (Wildman–Crippen LogP) is 3.82. The fourth-order valence-corrected chi connectivity index (χ4v) is 4.81. The number of hydrogen-bond acceptors (Lipinski definition) is 8. The lowest BCUT2D eigenvalue weighted by atomic mass is 10.1. The molecule has 5 rings (SSSR count). The molecule has 11 nitrogen and oxygen atoms in total. The van der Waals surface area contributed by atoms with Gasteiger partial charge >= 0.3 is 0 Å². The largest absolute Gasteiger partial charge is 0.497 e. The molecule has 0 aliphatic carbocycles. The standard InChI is InChI=1S/C28H33N7O4S/c1-18-13-19(2)30-26(29-18)32-27(33-28(40)31-22-7-6-21(36-3)15-24(22)37-4)35-11-9-34(10-12-35)16-20-5-8-23-25(14-20)39-17-38-23/h5-8,13-15H,9-12,16-17H2,1-4H3,(H2,29,30,31,32,33,40). The van der Waals surface area contributed by atoms with Crippen LogP contribution in [0.2, 0.25) is 0 Å². The summed E-state index contributed by atoms with van der Waals surface area (Å²) in [6, 6.07) is 13.5. The summed E-state index contributed by atoms with van der Waals surface area (Å²) >= 11 is 5.64. The van der Waals surface area contributed by atoms with E-state index in [4.69, 9.17) is 36.2 Å². The number of aryl methyl sites for hydroxylation is 2. The first-order valence-electron chi connectivity index (χ1n) is 13.0. The Labute approximate surface area is 239 Å². The van der Waals surface area contributed by atoms with Crippen LogP contribution >= 0.6 is 12.2 Å². The molecular formula is C28H33N7O4S. The fraction of sp³-hybridized carbons (Fsp3) is 0.357. The number of rotatable bonds is 6. The normalized spacial score (nSPS) is 15.1. The molecule has 0 spiro atoms. The van der Waals surface area contributed by atoms with E-state index < -0.39 is 0 Å². The van der Waals surface area contributed by atoms with Crippen LogP contribution in [0.5, 0.6) is 23.0 Å². The Bertz CT molecular complexity index is 1390. The molecule has 1 aromatic heterocycles. The molecule has 40 heavy (non-hydrogen) atoms. The summed E-state index contributed by atoms with van der Waals surface area (Å²) in [5, 5.41) is 6.76. The molecule has 1 saturated heterocycles. The second kappa shape index (κ2) is 12.3. The SMILES string of the molecule is COc1ccc(NC(=S)/N=C(/Nc2nc(C)cc(C)n2)N2CCN(Cc3ccc4c(c3)OCO4)CC2)c(OC)c1. The number of piperazine rings is 1. The molecule has 2 N–H and O–H groups in total. The van der Waals surface area contributed by atoms with Crippen LogP contribution in [0.4, 0.5) is 11.6 Å². The lowest BCUT2D eigenvalue weighted by Gasteiger charge is -2.36. The van der Waals surface area contributed by atoms with E-state index >= 15 is 0 Å². The van der Waals surface area contributed by atoms with Crippen molar-refractivity contribution in [3.05, 3.63) is 59.4 Å². The third-order valence-corrected chi connectivity index (χ3v) is 6.77. The van der Waals surface area contributed by atoms with Crippen LogP contribution < -0.4 is 29.6 Å². The van der Waals surface area contributed by atoms with Crippen LogP contribution in [-0.2, 0) is 6.54 Å². The summed E-state index contributed by atoms with van der Waals surface area (Å²) in [6.07, 6.45) is 0. The molecule has 0 amide bonds. The van der Waals surface area contributed by atoms with Crippen molar-refractivity contribution >= 4 is 34.9 Å². The number of thiocarbonyl (C=S) groups is 1. The molecule has 12 heteroatoms. The molecule has 2 aromatic carbocycles. The number of hydrogen-bond donors (Lipinski definition) is 2. The Morgan fingerprint density at radius 2 is 1.68 bits per heavy atom. The first-order chi connectivity index (χ1) is 19.4. The minimum absolute atomic E-state index is 0.276. The first-order valence-corrected chi connectivity index (χ1v) is 13.4. The van der Waals surface area contributed by atoms with Gasteiger partial charge in [-0.05, 0) is 62.0 Å². The number of fused-ring (bicyclic) bond motifs is 1. The zero-order chi connectivity index (χ0) is 28.1. The van der Waals surface area contributed by atoms with Crippen LogP contribution in [-0.4, -0.2) is 78.0 Å². The van der Waals surface area contributed by atoms with Crippen molar-refractivity contribution in [1.29, 1.82) is 0 Å². The van der Waals surface area contributed by atoms with Crippen molar-refractivity contribution in [2.45, 2.75) is 20.4 Å². The Morgan fingerprint density at radius 1 is 0.925 bits per heavy atom. The van der Waals surface area contributed by atoms with Crippen LogP contribution in [0.1, 0.15) is 17.0 Å². The Kier molecular flexibility index (Phi) is 8.46. The summed E-state index contributed by atoms with van der Waals surface area (Å²) < 4.78 is 21.8. The average Bonchev–Trinajstić information content (AvgIpc) is 3.41. The van der Waals surface area contributed by atoms with Gasteiger partial charge in [-0.2, -0.15) is 4.99 Å². The number of nitrogens with zero attached hydrogens (tertiary/aromatic N) is 5. The molecule has 1 fully saturated rings. The lowest BCUT2D eigenvalue weighted by Crippen LogP contribution is -2.50. The van der Waals surface area contributed by atoms with Gasteiger partial charge < -0.3 is 29.2 Å². The molecular weight excluding hydrogens is 530 g/mol. The van der Waals surface area contributed by atoms with Gasteiger partial charge in [-0.25, -0.2) is 9.97 Å². The molecule has 210 valence electrons. The van der Waals surface area contributed by atoms with Gasteiger partial charge in [0.05, 0.1) is 19.9 Å². The average molecular weight is 564 g/mol. The highest BCUT2D eigenvalue weighted by Gasteiger charge is 2.23. The van der Waals surface area contributed by atoms with Gasteiger partial charge in [0.1, 0.15) is 11.5 Å². The van der Waals surface area contributed by atoms with Gasteiger partial charge in [0.2, 0.25) is 23.8 Å². The van der Waals surface area contributed by atoms with Crippen molar-refractivity contribution in [2.24, 2.45) is 4.99 Å². The highest BCUT2D eigenvalue weighted by atomic mass is 32.1. The molecule has 0 saturated carbocycles. The quantitative estimate of drug-likeness (QED) is 0.260. The Morgan fingerprint density at radius 3 is 2.40 bits per heavy atom. The van der Waals surface area contributed by atoms with Crippen molar-refractivity contribution in [3.63, 3.8) is 0 Å². The number of methoxy groups -OCH3 is 2. The fourth-order valence-electron chi connectivity index (χ4n) is 4.62. The summed E-state index contributed by atoms with van der Waals surface area (Å²) in [6.45, 7) is 8.15. The predicted molar refractivity (Wildman–Crippen MR) is 158 cm³/mol. The first kappa shape index (κ1) is 27.4. The third-order valence-electron chi connectivity index (χ3n) is 6.58. The summed E-state index contributed by atoms with van der Waals surface area (Å²) in [5.41, 5.74) is 3.61. The van der Waals surface area contributed by atoms with E-state index in [1.54, 1.807) is 20.3 Å². The van der Waals surface area contributed by atoms with Crippen LogP contribution in [0.3, 0.4) is 0 Å². The number of benzene rings is 2. The zero-order valence-corrected chi connectivity index (χ0v) is 23.9. The van der Waals surface area contributed by atoms with Crippen molar-refractivity contribution in [3.8, 4) is 23.0 Å². The lowest BCUT2D eigenvalue weighted by molar-refractivity contribution is 0.172. The topological polar surface area (TPSA) is 106 Å². The summed E-state index contributed by atoms with van der Waals surface area (Å²) in [5.74, 6) is 3.94. The minimum atomic E-state index is 0.276. The molecule has 0 radical (unpaired) electrons. The van der Waals surface area contributed by atoms with Gasteiger partial charge in [0, 0.05) is 50.2 Å². The number of nitrogens with one attached hydrogen (secondary N) is 2. The molecule has 3 heterocycles. The van der Waals surface area contributed by atoms with Crippen LogP contribution in [0.15, 0.2) is 47.5 Å². The second-order valence-electron chi connectivity index (χ2n) is 9.48. The second-order valence-corrected chi connectivity index (χ2v) is 9.87. The summed E-state index contributed by atoms with van der Waals surface area (Å²) in [7, 11) is 3.21. The number of aliphatic imine (C=N–C) groups is 1. The van der Waals surface area contributed by atoms with Gasteiger partial charge in [0.25, 0.3) is 0 Å². The van der Waals surface area contributed by atoms with Gasteiger partial charge in [-0.1, -0.05) is 6.07 Å². The van der Waals surface area contributed by atoms with E-state index in [0.29, 0.717) is 29.1 Å². The van der Waals surface area contributed by atoms with Crippen molar-refractivity contribution in [2.75, 3.05) is 57.8 Å². The third kappa shape index (κ3) is 6.69. The number of aromatic nitrogens is 2. The maximum absolute atomic E-state index is 5.64. The molecule has 3 aromatic rings. The van der Waals surface area contributed by atoms with E-state index in [-0.39, 0.29) is 11.9 Å². The van der Waals surface area contributed by atoms with E-state index in [1.165, 1.54) is 5.56 Å². The maximum atomic E-state index is 5.64. The van der Waals surface area contributed by atoms with Crippen molar-refractivity contribution < 1.29 is 18.9 Å². The highest BCUT2D eigenvalue weighted by Crippen LogP contribution is 2.33. The minimum Gasteiger partial charge on any atom is -0.497 e. The molecule has 0 bridgehead atoms. The van der Waals surface area contributed by atoms with Gasteiger partial charge in [0.15, 0.2) is 11.5 Å². The van der Waals surface area contributed by atoms with E-state index in [1.807, 2.05) is 38.1 Å². The van der Waals surface area contributed by atoms with Gasteiger partial charge in [-0.15, -0.1) is 0 Å². The molecule has 2 aliphatic rings. The number of anilines is 2. The maximum Gasteiger partial charge on any atom is 0.231 e. The van der Waals surface area contributed by atoms with Crippen molar-refractivity contribution in [1.82, 2.24) is 19.8 Å². The van der Waals surface area contributed by atoms with Gasteiger partial charge in [-0.3, -0.25) is 10.2 Å². The van der Waals surface area contributed by atoms with E-state index in [9.17, 15) is 0 Å². The highest BCUT2D eigenvalue weighted by molar-refractivity contribution is 7.80. The number of ether oxygens (including phenoxy) is 4. The molecule has 2 aliphatic heterocycles. The number of guanidine groups is 1. The molecule has 0 unspecified atom stereocenters.